The van der Waals surface area contributed by atoms with Crippen LogP contribution in [0, 0.1) is 0 Å². The Morgan fingerprint density at radius 1 is 1.50 bits per heavy atom. The van der Waals surface area contributed by atoms with Crippen LogP contribution in [0.5, 0.6) is 0 Å². The molecule has 114 valence electrons. The number of hydrogen-bond acceptors (Lipinski definition) is 4. The number of nitrogens with one attached hydrogen (secondary N) is 1. The fourth-order valence-electron chi connectivity index (χ4n) is 2.91. The van der Waals surface area contributed by atoms with Gasteiger partial charge in [-0.05, 0) is 33.5 Å². The van der Waals surface area contributed by atoms with E-state index in [0.717, 1.165) is 19.4 Å². The third-order valence-electron chi connectivity index (χ3n) is 4.28. The van der Waals surface area contributed by atoms with Crippen molar-refractivity contribution in [2.24, 2.45) is 0 Å². The van der Waals surface area contributed by atoms with Gasteiger partial charge in [-0.15, -0.1) is 0 Å². The Morgan fingerprint density at radius 2 is 2.30 bits per heavy atom. The zero-order chi connectivity index (χ0) is 14.5. The molecule has 0 amide bonds. The van der Waals surface area contributed by atoms with E-state index in [-0.39, 0.29) is 0 Å². The highest BCUT2D eigenvalue weighted by Crippen LogP contribution is 2.20. The number of rotatable bonds is 6. The predicted molar refractivity (Wildman–Crippen MR) is 87.6 cm³/mol. The molecule has 0 bridgehead atoms. The second-order valence-electron chi connectivity index (χ2n) is 5.52. The number of likely N-dealkylation sites (N-methyl/N-ethyl adjacent to an activating group) is 2. The second kappa shape index (κ2) is 7.48. The maximum atomic E-state index is 4.67. The van der Waals surface area contributed by atoms with Crippen LogP contribution in [0.1, 0.15) is 25.2 Å². The Hall–Kier alpha value is -0.520. The van der Waals surface area contributed by atoms with E-state index in [9.17, 15) is 0 Å². The summed E-state index contributed by atoms with van der Waals surface area (Å²) in [5, 5.41) is 8.20. The summed E-state index contributed by atoms with van der Waals surface area (Å²) in [5.74, 6) is 2.49. The van der Waals surface area contributed by atoms with Gasteiger partial charge in [-0.25, -0.2) is 0 Å². The summed E-state index contributed by atoms with van der Waals surface area (Å²) >= 11 is 2.08. The molecule has 0 aromatic carbocycles. The van der Waals surface area contributed by atoms with Crippen molar-refractivity contribution >= 4 is 11.8 Å². The van der Waals surface area contributed by atoms with Gasteiger partial charge in [0.2, 0.25) is 0 Å². The highest BCUT2D eigenvalue weighted by molar-refractivity contribution is 7.99. The van der Waals surface area contributed by atoms with Crippen molar-refractivity contribution in [3.63, 3.8) is 0 Å². The smallest absolute Gasteiger partial charge is 0.0624 e. The molecule has 1 aliphatic heterocycles. The van der Waals surface area contributed by atoms with Gasteiger partial charge in [0.15, 0.2) is 0 Å². The summed E-state index contributed by atoms with van der Waals surface area (Å²) < 4.78 is 2.17. The summed E-state index contributed by atoms with van der Waals surface area (Å²) in [7, 11) is 4.34. The standard InChI is InChI=1S/C15H28N4S/c1-5-12-9-13(19(6-2)17-12)10-14(16-3)15-11-20-8-7-18(15)4/h9,14-16H,5-8,10-11H2,1-4H3. The number of thioether (sulfide) groups is 1. The maximum absolute atomic E-state index is 4.67. The van der Waals surface area contributed by atoms with Crippen LogP contribution in [0.15, 0.2) is 6.07 Å². The van der Waals surface area contributed by atoms with Crippen molar-refractivity contribution in [2.45, 2.75) is 45.3 Å². The van der Waals surface area contributed by atoms with E-state index in [1.165, 1.54) is 29.4 Å². The van der Waals surface area contributed by atoms with E-state index in [4.69, 9.17) is 0 Å². The van der Waals surface area contributed by atoms with Crippen LogP contribution < -0.4 is 5.32 Å². The third-order valence-corrected chi connectivity index (χ3v) is 5.33. The van der Waals surface area contributed by atoms with Gasteiger partial charge in [-0.3, -0.25) is 4.68 Å². The zero-order valence-corrected chi connectivity index (χ0v) is 14.0. The topological polar surface area (TPSA) is 33.1 Å². The quantitative estimate of drug-likeness (QED) is 0.865. The highest BCUT2D eigenvalue weighted by Gasteiger charge is 2.28. The fourth-order valence-corrected chi connectivity index (χ4v) is 4.22. The average Bonchev–Trinajstić information content (AvgIpc) is 2.88. The van der Waals surface area contributed by atoms with Gasteiger partial charge in [0.05, 0.1) is 5.69 Å². The largest absolute Gasteiger partial charge is 0.315 e. The fraction of sp³-hybridized carbons (Fsp3) is 0.800. The lowest BCUT2D eigenvalue weighted by Crippen LogP contribution is -2.53. The lowest BCUT2D eigenvalue weighted by molar-refractivity contribution is 0.217. The Morgan fingerprint density at radius 3 is 2.90 bits per heavy atom. The lowest BCUT2D eigenvalue weighted by atomic mass is 10.0. The van der Waals surface area contributed by atoms with Gasteiger partial charge < -0.3 is 10.2 Å². The Balaban J connectivity index is 2.10. The van der Waals surface area contributed by atoms with Crippen LogP contribution in [0.25, 0.3) is 0 Å². The molecular formula is C15H28N4S. The Labute approximate surface area is 127 Å². The van der Waals surface area contributed by atoms with Gasteiger partial charge in [0, 0.05) is 48.8 Å². The monoisotopic (exact) mass is 296 g/mol. The van der Waals surface area contributed by atoms with Crippen LogP contribution in [0.4, 0.5) is 0 Å². The minimum absolute atomic E-state index is 0.500. The van der Waals surface area contributed by atoms with Crippen LogP contribution in [-0.4, -0.2) is 58.9 Å². The van der Waals surface area contributed by atoms with Crippen molar-refractivity contribution in [3.8, 4) is 0 Å². The first-order valence-corrected chi connectivity index (χ1v) is 8.85. The van der Waals surface area contributed by atoms with Crippen molar-refractivity contribution in [3.05, 3.63) is 17.5 Å². The van der Waals surface area contributed by atoms with E-state index in [0.29, 0.717) is 12.1 Å². The third kappa shape index (κ3) is 3.57. The molecule has 1 N–H and O–H groups in total. The average molecular weight is 296 g/mol. The lowest BCUT2D eigenvalue weighted by Gasteiger charge is -2.37. The van der Waals surface area contributed by atoms with Crippen LogP contribution in [0.2, 0.25) is 0 Å². The molecule has 2 unspecified atom stereocenters. The van der Waals surface area contributed by atoms with Crippen molar-refractivity contribution in [1.29, 1.82) is 0 Å². The van der Waals surface area contributed by atoms with Crippen molar-refractivity contribution in [1.82, 2.24) is 20.0 Å². The molecule has 0 saturated carbocycles. The molecule has 4 nitrogen and oxygen atoms in total. The van der Waals surface area contributed by atoms with Gasteiger partial charge in [-0.2, -0.15) is 16.9 Å². The number of aryl methyl sites for hydroxylation is 2. The Kier molecular flexibility index (Phi) is 5.93. The molecule has 0 spiro atoms. The molecule has 0 aliphatic carbocycles. The van der Waals surface area contributed by atoms with E-state index < -0.39 is 0 Å². The number of nitrogens with zero attached hydrogens (tertiary/aromatic N) is 3. The first kappa shape index (κ1) is 15.9. The van der Waals surface area contributed by atoms with Crippen LogP contribution in [0.3, 0.4) is 0 Å². The molecule has 0 radical (unpaired) electrons. The molecule has 20 heavy (non-hydrogen) atoms. The molecule has 2 atom stereocenters. The SMILES string of the molecule is CCc1cc(CC(NC)C2CSCCN2C)n(CC)n1. The number of hydrogen-bond donors (Lipinski definition) is 1. The first-order valence-electron chi connectivity index (χ1n) is 7.70. The molecule has 2 rings (SSSR count). The van der Waals surface area contributed by atoms with Crippen LogP contribution >= 0.6 is 11.8 Å². The van der Waals surface area contributed by atoms with E-state index in [1.807, 2.05) is 0 Å². The van der Waals surface area contributed by atoms with E-state index in [2.05, 4.69) is 65.8 Å². The normalized spacial score (nSPS) is 22.1. The van der Waals surface area contributed by atoms with E-state index >= 15 is 0 Å². The molecule has 1 fully saturated rings. The molecule has 1 aromatic heterocycles. The van der Waals surface area contributed by atoms with Gasteiger partial charge >= 0.3 is 0 Å². The number of aromatic nitrogens is 2. The summed E-state index contributed by atoms with van der Waals surface area (Å²) in [4.78, 5) is 2.51. The summed E-state index contributed by atoms with van der Waals surface area (Å²) in [5.41, 5.74) is 2.58. The second-order valence-corrected chi connectivity index (χ2v) is 6.67. The van der Waals surface area contributed by atoms with Crippen molar-refractivity contribution in [2.75, 3.05) is 32.1 Å². The highest BCUT2D eigenvalue weighted by atomic mass is 32.2. The molecular weight excluding hydrogens is 268 g/mol. The summed E-state index contributed by atoms with van der Waals surface area (Å²) in [6, 6.07) is 3.40. The molecule has 1 aromatic rings. The molecule has 1 saturated heterocycles. The minimum atomic E-state index is 0.500. The van der Waals surface area contributed by atoms with Gasteiger partial charge in [0.1, 0.15) is 0 Å². The zero-order valence-electron chi connectivity index (χ0n) is 13.2. The minimum Gasteiger partial charge on any atom is -0.315 e. The molecule has 5 heteroatoms. The van der Waals surface area contributed by atoms with Crippen molar-refractivity contribution < 1.29 is 0 Å². The van der Waals surface area contributed by atoms with Gasteiger partial charge in [-0.1, -0.05) is 6.92 Å². The first-order chi connectivity index (χ1) is 9.69. The van der Waals surface area contributed by atoms with Crippen LogP contribution in [-0.2, 0) is 19.4 Å². The molecule has 2 heterocycles. The van der Waals surface area contributed by atoms with E-state index in [1.54, 1.807) is 0 Å². The molecule has 1 aliphatic rings. The summed E-state index contributed by atoms with van der Waals surface area (Å²) in [6.07, 6.45) is 2.08. The predicted octanol–water partition coefficient (Wildman–Crippen LogP) is 1.64. The van der Waals surface area contributed by atoms with Gasteiger partial charge in [0.25, 0.3) is 0 Å². The maximum Gasteiger partial charge on any atom is 0.0624 e. The summed E-state index contributed by atoms with van der Waals surface area (Å²) in [6.45, 7) is 6.50. The Bertz CT molecular complexity index is 418.